The Morgan fingerprint density at radius 3 is 2.37 bits per heavy atom. The lowest BCUT2D eigenvalue weighted by Gasteiger charge is -2.47. The van der Waals surface area contributed by atoms with E-state index in [-0.39, 0.29) is 59.3 Å². The van der Waals surface area contributed by atoms with Crippen molar-refractivity contribution >= 4 is 65.2 Å². The molecule has 0 aromatic carbocycles. The van der Waals surface area contributed by atoms with Gasteiger partial charge in [-0.25, -0.2) is 19.3 Å². The van der Waals surface area contributed by atoms with Crippen molar-refractivity contribution in [1.29, 1.82) is 5.26 Å². The fourth-order valence-corrected chi connectivity index (χ4v) is 21.8. The van der Waals surface area contributed by atoms with E-state index in [0.717, 1.165) is 10.8 Å². The minimum absolute atomic E-state index is 0.0532. The smallest absolute Gasteiger partial charge is 0.335 e. The first-order valence-electron chi connectivity index (χ1n) is 20.6. The van der Waals surface area contributed by atoms with Crippen LogP contribution in [0.3, 0.4) is 0 Å². The Bertz CT molecular complexity index is 2220. The fourth-order valence-electron chi connectivity index (χ4n) is 8.23. The van der Waals surface area contributed by atoms with Crippen molar-refractivity contribution in [1.82, 2.24) is 24.1 Å². The molecule has 2 N–H and O–H groups in total. The van der Waals surface area contributed by atoms with Crippen molar-refractivity contribution in [3.8, 4) is 11.9 Å². The second kappa shape index (κ2) is 19.9. The van der Waals surface area contributed by atoms with Gasteiger partial charge in [0.25, 0.3) is 5.56 Å². The zero-order valence-electron chi connectivity index (χ0n) is 36.2. The maximum Gasteiger partial charge on any atom is 0.335 e. The monoisotopic (exact) mass is 978 g/mol. The summed E-state index contributed by atoms with van der Waals surface area (Å²) in [6.07, 6.45) is -0.347. The summed E-state index contributed by atoms with van der Waals surface area (Å²) in [6.45, 7) is 6.84. The van der Waals surface area contributed by atoms with Crippen molar-refractivity contribution in [2.24, 2.45) is 13.0 Å². The highest BCUT2D eigenvalue weighted by molar-refractivity contribution is 8.07. The van der Waals surface area contributed by atoms with Gasteiger partial charge in [0.1, 0.15) is 36.1 Å². The van der Waals surface area contributed by atoms with Crippen LogP contribution < -0.4 is 10.3 Å². The predicted octanol–water partition coefficient (Wildman–Crippen LogP) is 6.53. The summed E-state index contributed by atoms with van der Waals surface area (Å²) < 4.78 is 77.7. The summed E-state index contributed by atoms with van der Waals surface area (Å²) in [5.41, 5.74) is -1.69. The first-order chi connectivity index (χ1) is 29.1. The molecular weight excluding hydrogens is 922 g/mol. The van der Waals surface area contributed by atoms with E-state index in [1.165, 1.54) is 24.3 Å². The molecule has 1 aliphatic carbocycles. The number of aromatic nitrogens is 5. The van der Waals surface area contributed by atoms with E-state index in [1.807, 2.05) is 55.4 Å². The average Bonchev–Trinajstić information content (AvgIpc) is 3.85. The molecule has 3 aliphatic rings. The van der Waals surface area contributed by atoms with Crippen molar-refractivity contribution in [3.63, 3.8) is 0 Å². The van der Waals surface area contributed by atoms with Crippen LogP contribution in [0.4, 0.5) is 4.39 Å². The molecule has 2 bridgehead atoms. The molecule has 3 aromatic heterocycles. The third kappa shape index (κ3) is 10.5. The SMILES string of the molecule is CC(C)[Si](O)(O[Si](O[C@H]1[C@H]2O[P@@](=S)(OCCC#N)OC[C@H]3C[C@@H](Oc4ccncn4)C[C@@H]3OP(O)(=S)OC[C@H]1O[C@H]2n1cc(F)c2c(=O)n(C)cnc21)(C(C)C)C(C)C)C(C)C. The van der Waals surface area contributed by atoms with E-state index in [0.29, 0.717) is 12.3 Å². The van der Waals surface area contributed by atoms with Crippen LogP contribution >= 0.6 is 13.4 Å². The van der Waals surface area contributed by atoms with Crippen LogP contribution in [0.2, 0.25) is 22.2 Å². The molecule has 1 unspecified atom stereocenters. The van der Waals surface area contributed by atoms with Crippen LogP contribution in [0.1, 0.15) is 80.9 Å². The topological polar surface area (TPSA) is 213 Å². The molecule has 3 aromatic rings. The van der Waals surface area contributed by atoms with Gasteiger partial charge in [-0.15, -0.1) is 0 Å². The molecule has 0 spiro atoms. The van der Waals surface area contributed by atoms with E-state index >= 15 is 4.39 Å². The number of hydrogen-bond acceptors (Lipinski definition) is 17. The molecule has 1 saturated carbocycles. The summed E-state index contributed by atoms with van der Waals surface area (Å²) in [5.74, 6) is -1.00. The summed E-state index contributed by atoms with van der Waals surface area (Å²) >= 11 is 11.8. The lowest BCUT2D eigenvalue weighted by Crippen LogP contribution is -2.62. The molecule has 5 heterocycles. The van der Waals surface area contributed by atoms with Gasteiger partial charge < -0.3 is 54.9 Å². The normalized spacial score (nSPS) is 30.1. The Balaban J connectivity index is 1.50. The molecule has 18 nitrogen and oxygen atoms in total. The number of nitrogens with zero attached hydrogens (tertiary/aromatic N) is 6. The number of rotatable bonds is 14. The van der Waals surface area contributed by atoms with Gasteiger partial charge in [-0.2, -0.15) is 5.26 Å². The molecule has 344 valence electrons. The highest BCUT2D eigenvalue weighted by Crippen LogP contribution is 2.58. The van der Waals surface area contributed by atoms with E-state index in [2.05, 4.69) is 21.0 Å². The van der Waals surface area contributed by atoms with Crippen LogP contribution in [0.5, 0.6) is 5.88 Å². The van der Waals surface area contributed by atoms with Crippen LogP contribution in [0.25, 0.3) is 11.0 Å². The van der Waals surface area contributed by atoms with Gasteiger partial charge in [0, 0.05) is 37.8 Å². The van der Waals surface area contributed by atoms with Crippen molar-refractivity contribution in [2.75, 3.05) is 19.8 Å². The molecule has 2 saturated heterocycles. The summed E-state index contributed by atoms with van der Waals surface area (Å²) in [4.78, 5) is 49.9. The minimum Gasteiger partial charge on any atom is -0.474 e. The van der Waals surface area contributed by atoms with Crippen LogP contribution in [0.15, 0.2) is 35.9 Å². The molecule has 25 heteroatoms. The highest BCUT2D eigenvalue weighted by Gasteiger charge is 2.60. The highest BCUT2D eigenvalue weighted by atomic mass is 32.5. The quantitative estimate of drug-likeness (QED) is 0.0999. The Hall–Kier alpha value is -1.95. The first kappa shape index (κ1) is 49.5. The Morgan fingerprint density at radius 2 is 1.74 bits per heavy atom. The molecule has 2 aliphatic heterocycles. The van der Waals surface area contributed by atoms with Crippen molar-refractivity contribution < 1.29 is 54.7 Å². The third-order valence-electron chi connectivity index (χ3n) is 11.6. The van der Waals surface area contributed by atoms with E-state index in [9.17, 15) is 19.7 Å². The van der Waals surface area contributed by atoms with Crippen LogP contribution in [0, 0.1) is 23.1 Å². The standard InChI is InChI=1S/C37H57FN6O12P2S2Si2/c1-22(2)61(47,23(3)4)56-62(24(5)6,25(7)8)55-33-30-19-49-57(46,59)53-29-16-27(51-31-11-13-40-20-41-31)15-26(29)18-50-58(60,48-14-10-12-39)54-34(33)37(52-30)44-17-28(38)32-35(44)42-21-43(9)36(32)45/h11,13,17,20-27,29-30,33-34,37,47H,10,14-16,18-19H2,1-9H3,(H,46,59)/t26-,27-,29+,30-,33-,34-,37-,57?,58-/m1/s1. The Morgan fingerprint density at radius 1 is 1.03 bits per heavy atom. The van der Waals surface area contributed by atoms with Gasteiger partial charge in [-0.05, 0) is 52.2 Å². The van der Waals surface area contributed by atoms with E-state index in [4.69, 9.17) is 64.2 Å². The summed E-state index contributed by atoms with van der Waals surface area (Å²) in [7, 11) is -5.73. The van der Waals surface area contributed by atoms with Gasteiger partial charge in [0.05, 0.1) is 44.7 Å². The van der Waals surface area contributed by atoms with Gasteiger partial charge in [0.2, 0.25) is 5.88 Å². The van der Waals surface area contributed by atoms with Gasteiger partial charge in [-0.3, -0.25) is 9.32 Å². The molecule has 0 amide bonds. The van der Waals surface area contributed by atoms with Crippen molar-refractivity contribution in [2.45, 2.75) is 134 Å². The minimum atomic E-state index is -4.07. The van der Waals surface area contributed by atoms with Crippen LogP contribution in [-0.2, 0) is 66.6 Å². The molecular formula is C37H57FN6O12P2S2Si2. The van der Waals surface area contributed by atoms with Crippen LogP contribution in [-0.4, -0.2) is 101 Å². The van der Waals surface area contributed by atoms with Gasteiger partial charge in [-0.1, -0.05) is 55.4 Å². The molecule has 62 heavy (non-hydrogen) atoms. The first-order valence-corrected chi connectivity index (χ1v) is 29.8. The number of hydrogen-bond donors (Lipinski definition) is 2. The zero-order chi connectivity index (χ0) is 45.4. The van der Waals surface area contributed by atoms with E-state index < -0.39 is 91.2 Å². The molecule has 0 radical (unpaired) electrons. The Labute approximate surface area is 373 Å². The zero-order valence-corrected chi connectivity index (χ0v) is 41.7. The number of nitriles is 1. The van der Waals surface area contributed by atoms with Gasteiger partial charge >= 0.3 is 30.6 Å². The average molecular weight is 979 g/mol. The number of ether oxygens (including phenoxy) is 2. The third-order valence-corrected chi connectivity index (χ3v) is 25.3. The molecule has 9 atom stereocenters. The number of aryl methyl sites for hydroxylation is 1. The maximum atomic E-state index is 15.9. The fraction of sp³-hybridized carbons (Fsp3) is 0.703. The second-order valence-electron chi connectivity index (χ2n) is 17.1. The Kier molecular flexibility index (Phi) is 15.9. The van der Waals surface area contributed by atoms with E-state index in [1.54, 1.807) is 12.3 Å². The van der Waals surface area contributed by atoms with Crippen molar-refractivity contribution in [3.05, 3.63) is 47.3 Å². The lowest BCUT2D eigenvalue weighted by atomic mass is 10.1. The molecule has 3 fully saturated rings. The summed E-state index contributed by atoms with van der Waals surface area (Å²) in [6, 6.07) is 3.67. The molecule has 6 rings (SSSR count). The number of fused-ring (bicyclic) bond motifs is 4. The largest absolute Gasteiger partial charge is 0.474 e. The van der Waals surface area contributed by atoms with Gasteiger partial charge in [0.15, 0.2) is 17.7 Å². The predicted molar refractivity (Wildman–Crippen MR) is 237 cm³/mol. The second-order valence-corrected chi connectivity index (χ2v) is 31.4. The summed E-state index contributed by atoms with van der Waals surface area (Å²) in [5, 5.41) is 9.22. The lowest BCUT2D eigenvalue weighted by molar-refractivity contribution is -0.0520. The maximum absolute atomic E-state index is 15.9. The number of halogens is 1.